The van der Waals surface area contributed by atoms with Gasteiger partial charge in [0.1, 0.15) is 5.82 Å². The number of anilines is 1. The van der Waals surface area contributed by atoms with Crippen LogP contribution in [0.25, 0.3) is 0 Å². The maximum Gasteiger partial charge on any atom is 0.146 e. The molecule has 1 heterocycles. The van der Waals surface area contributed by atoms with Crippen LogP contribution in [-0.2, 0) is 0 Å². The van der Waals surface area contributed by atoms with Crippen molar-refractivity contribution in [3.8, 4) is 0 Å². The van der Waals surface area contributed by atoms with Crippen LogP contribution in [0.15, 0.2) is 18.2 Å². The van der Waals surface area contributed by atoms with Gasteiger partial charge in [0.2, 0.25) is 0 Å². The van der Waals surface area contributed by atoms with Crippen molar-refractivity contribution in [2.24, 2.45) is 5.73 Å². The lowest BCUT2D eigenvalue weighted by atomic mass is 10.1. The molecular formula is C16H27FN4. The Bertz CT molecular complexity index is 454. The molecule has 0 saturated carbocycles. The van der Waals surface area contributed by atoms with E-state index >= 15 is 0 Å². The van der Waals surface area contributed by atoms with Crippen LogP contribution < -0.4 is 10.6 Å². The Morgan fingerprint density at radius 1 is 1.24 bits per heavy atom. The molecule has 1 aromatic carbocycles. The van der Waals surface area contributed by atoms with Crippen LogP contribution in [0, 0.1) is 5.82 Å². The van der Waals surface area contributed by atoms with E-state index in [9.17, 15) is 4.39 Å². The van der Waals surface area contributed by atoms with E-state index in [1.165, 1.54) is 0 Å². The highest BCUT2D eigenvalue weighted by Gasteiger charge is 2.19. The van der Waals surface area contributed by atoms with Gasteiger partial charge in [-0.3, -0.25) is 4.90 Å². The quantitative estimate of drug-likeness (QED) is 0.893. The molecule has 0 amide bonds. The Kier molecular flexibility index (Phi) is 5.56. The van der Waals surface area contributed by atoms with E-state index in [-0.39, 0.29) is 11.9 Å². The normalized spacial score (nSPS) is 18.3. The van der Waals surface area contributed by atoms with Crippen molar-refractivity contribution in [3.05, 3.63) is 29.6 Å². The molecule has 1 atom stereocenters. The average molecular weight is 294 g/mol. The summed E-state index contributed by atoms with van der Waals surface area (Å²) in [5.41, 5.74) is 7.34. The number of rotatable bonds is 5. The minimum Gasteiger partial charge on any atom is -0.367 e. The molecule has 4 nitrogen and oxygen atoms in total. The molecule has 0 aromatic heterocycles. The Hall–Kier alpha value is -1.17. The lowest BCUT2D eigenvalue weighted by Gasteiger charge is -2.36. The number of hydrogen-bond acceptors (Lipinski definition) is 4. The van der Waals surface area contributed by atoms with Gasteiger partial charge in [0.05, 0.1) is 5.69 Å². The van der Waals surface area contributed by atoms with E-state index in [4.69, 9.17) is 5.73 Å². The van der Waals surface area contributed by atoms with Crippen molar-refractivity contribution < 1.29 is 4.39 Å². The first-order valence-electron chi connectivity index (χ1n) is 7.64. The lowest BCUT2D eigenvalue weighted by Crippen LogP contribution is -2.48. The van der Waals surface area contributed by atoms with Gasteiger partial charge in [0, 0.05) is 45.3 Å². The molecule has 0 aliphatic carbocycles. The van der Waals surface area contributed by atoms with Gasteiger partial charge >= 0.3 is 0 Å². The third kappa shape index (κ3) is 4.40. The zero-order valence-electron chi connectivity index (χ0n) is 13.3. The molecule has 0 bridgehead atoms. The highest BCUT2D eigenvalue weighted by molar-refractivity contribution is 5.50. The van der Waals surface area contributed by atoms with E-state index < -0.39 is 0 Å². The van der Waals surface area contributed by atoms with E-state index in [1.54, 1.807) is 6.07 Å². The topological polar surface area (TPSA) is 35.7 Å². The molecule has 1 fully saturated rings. The Morgan fingerprint density at radius 2 is 1.90 bits per heavy atom. The molecule has 1 unspecified atom stereocenters. The summed E-state index contributed by atoms with van der Waals surface area (Å²) < 4.78 is 14.2. The molecule has 118 valence electrons. The van der Waals surface area contributed by atoms with Gasteiger partial charge in [-0.1, -0.05) is 6.07 Å². The Morgan fingerprint density at radius 3 is 2.43 bits per heavy atom. The molecule has 2 N–H and O–H groups in total. The monoisotopic (exact) mass is 294 g/mol. The zero-order valence-corrected chi connectivity index (χ0v) is 13.3. The van der Waals surface area contributed by atoms with Crippen molar-refractivity contribution in [1.29, 1.82) is 0 Å². The first kappa shape index (κ1) is 16.2. The van der Waals surface area contributed by atoms with E-state index in [0.717, 1.165) is 44.8 Å². The summed E-state index contributed by atoms with van der Waals surface area (Å²) in [6.45, 7) is 7.75. The second-order valence-corrected chi connectivity index (χ2v) is 6.13. The standard InChI is InChI=1S/C16H27FN4/c1-13(18)14-4-5-16(15(17)12-14)21-10-8-20(9-11-21)7-6-19(2)3/h4-5,12-13H,6-11,18H2,1-3H3. The summed E-state index contributed by atoms with van der Waals surface area (Å²) in [6, 6.07) is 5.24. The van der Waals surface area contributed by atoms with Crippen molar-refractivity contribution >= 4 is 5.69 Å². The zero-order chi connectivity index (χ0) is 15.4. The molecule has 0 radical (unpaired) electrons. The molecule has 21 heavy (non-hydrogen) atoms. The number of hydrogen-bond donors (Lipinski definition) is 1. The van der Waals surface area contributed by atoms with E-state index in [0.29, 0.717) is 5.69 Å². The van der Waals surface area contributed by atoms with E-state index in [2.05, 4.69) is 28.8 Å². The lowest BCUT2D eigenvalue weighted by molar-refractivity contribution is 0.229. The highest BCUT2D eigenvalue weighted by atomic mass is 19.1. The number of piperazine rings is 1. The van der Waals surface area contributed by atoms with Crippen molar-refractivity contribution in [2.75, 3.05) is 58.3 Å². The van der Waals surface area contributed by atoms with Crippen LogP contribution in [0.2, 0.25) is 0 Å². The summed E-state index contributed by atoms with van der Waals surface area (Å²) >= 11 is 0. The molecule has 1 aliphatic rings. The van der Waals surface area contributed by atoms with Gasteiger partial charge < -0.3 is 15.5 Å². The first-order chi connectivity index (χ1) is 9.97. The van der Waals surface area contributed by atoms with Crippen LogP contribution >= 0.6 is 0 Å². The molecule has 1 aromatic rings. The van der Waals surface area contributed by atoms with Gasteiger partial charge in [-0.05, 0) is 38.7 Å². The minimum absolute atomic E-state index is 0.128. The van der Waals surface area contributed by atoms with Crippen molar-refractivity contribution in [3.63, 3.8) is 0 Å². The molecule has 0 spiro atoms. The minimum atomic E-state index is -0.161. The first-order valence-corrected chi connectivity index (χ1v) is 7.64. The predicted octanol–water partition coefficient (Wildman–Crippen LogP) is 1.53. The summed E-state index contributed by atoms with van der Waals surface area (Å²) in [4.78, 5) is 6.76. The van der Waals surface area contributed by atoms with Crippen LogP contribution in [0.1, 0.15) is 18.5 Å². The summed E-state index contributed by atoms with van der Waals surface area (Å²) in [5.74, 6) is -0.161. The average Bonchev–Trinajstić information content (AvgIpc) is 2.45. The third-order valence-electron chi connectivity index (χ3n) is 4.07. The highest BCUT2D eigenvalue weighted by Crippen LogP contribution is 2.23. The fourth-order valence-electron chi connectivity index (χ4n) is 2.62. The van der Waals surface area contributed by atoms with Crippen LogP contribution in [0.4, 0.5) is 10.1 Å². The van der Waals surface area contributed by atoms with Gasteiger partial charge in [-0.2, -0.15) is 0 Å². The smallest absolute Gasteiger partial charge is 0.146 e. The molecule has 1 saturated heterocycles. The second kappa shape index (κ2) is 7.20. The van der Waals surface area contributed by atoms with Crippen LogP contribution in [0.5, 0.6) is 0 Å². The van der Waals surface area contributed by atoms with Crippen LogP contribution in [0.3, 0.4) is 0 Å². The number of benzene rings is 1. The summed E-state index contributed by atoms with van der Waals surface area (Å²) in [5, 5.41) is 0. The van der Waals surface area contributed by atoms with Gasteiger partial charge in [-0.15, -0.1) is 0 Å². The predicted molar refractivity (Wildman–Crippen MR) is 86.2 cm³/mol. The fraction of sp³-hybridized carbons (Fsp3) is 0.625. The number of nitrogens with two attached hydrogens (primary N) is 1. The second-order valence-electron chi connectivity index (χ2n) is 6.13. The molecule has 1 aliphatic heterocycles. The van der Waals surface area contributed by atoms with E-state index in [1.807, 2.05) is 19.1 Å². The summed E-state index contributed by atoms with van der Waals surface area (Å²) in [7, 11) is 4.18. The Balaban J connectivity index is 1.93. The number of halogens is 1. The van der Waals surface area contributed by atoms with Crippen molar-refractivity contribution in [1.82, 2.24) is 9.80 Å². The van der Waals surface area contributed by atoms with Crippen molar-refractivity contribution in [2.45, 2.75) is 13.0 Å². The maximum atomic E-state index is 14.2. The van der Waals surface area contributed by atoms with Crippen LogP contribution in [-0.4, -0.2) is 63.2 Å². The van der Waals surface area contributed by atoms with Gasteiger partial charge in [-0.25, -0.2) is 4.39 Å². The maximum absolute atomic E-state index is 14.2. The fourth-order valence-corrected chi connectivity index (χ4v) is 2.62. The SMILES string of the molecule is CC(N)c1ccc(N2CCN(CCN(C)C)CC2)c(F)c1. The largest absolute Gasteiger partial charge is 0.367 e. The molecule has 2 rings (SSSR count). The molecule has 5 heteroatoms. The summed E-state index contributed by atoms with van der Waals surface area (Å²) in [6.07, 6.45) is 0. The number of likely N-dealkylation sites (N-methyl/N-ethyl adjacent to an activating group) is 1. The van der Waals surface area contributed by atoms with Gasteiger partial charge in [0.15, 0.2) is 0 Å². The Labute approximate surface area is 127 Å². The number of nitrogens with zero attached hydrogens (tertiary/aromatic N) is 3. The van der Waals surface area contributed by atoms with Gasteiger partial charge in [0.25, 0.3) is 0 Å². The third-order valence-corrected chi connectivity index (χ3v) is 4.07. The molecular weight excluding hydrogens is 267 g/mol.